The highest BCUT2D eigenvalue weighted by Crippen LogP contribution is 2.27. The summed E-state index contributed by atoms with van der Waals surface area (Å²) in [6.45, 7) is -0.181. The molecule has 1 N–H and O–H groups in total. The third-order valence-electron chi connectivity index (χ3n) is 5.22. The molecule has 1 atom stereocenters. The topological polar surface area (TPSA) is 64.7 Å². The van der Waals surface area contributed by atoms with Gasteiger partial charge in [0, 0.05) is 18.0 Å². The fourth-order valence-corrected chi connectivity index (χ4v) is 3.53. The van der Waals surface area contributed by atoms with E-state index in [1.54, 1.807) is 6.07 Å². The maximum atomic E-state index is 14.3. The Morgan fingerprint density at radius 3 is 2.83 bits per heavy atom. The Hall–Kier alpha value is -3.36. The second-order valence-electron chi connectivity index (χ2n) is 7.48. The molecule has 3 aromatic rings. The first-order valence-electron chi connectivity index (χ1n) is 9.71. The van der Waals surface area contributed by atoms with Crippen molar-refractivity contribution in [1.29, 1.82) is 0 Å². The van der Waals surface area contributed by atoms with Gasteiger partial charge < -0.3 is 5.32 Å². The number of nitrogens with one attached hydrogen (secondary N) is 1. The lowest BCUT2D eigenvalue weighted by molar-refractivity contribution is 0.320. The Morgan fingerprint density at radius 2 is 2.07 bits per heavy atom. The molecule has 0 spiro atoms. The van der Waals surface area contributed by atoms with Gasteiger partial charge in [0.05, 0.1) is 18.4 Å². The van der Waals surface area contributed by atoms with E-state index in [4.69, 9.17) is 0 Å². The van der Waals surface area contributed by atoms with E-state index in [2.05, 4.69) is 15.3 Å². The first kappa shape index (κ1) is 18.7. The molecule has 0 radical (unpaired) electrons. The number of benzene rings is 1. The number of anilines is 1. The molecule has 1 unspecified atom stereocenters. The summed E-state index contributed by atoms with van der Waals surface area (Å²) in [5.74, 6) is -1.03. The second kappa shape index (κ2) is 7.16. The first-order valence-corrected chi connectivity index (χ1v) is 9.71. The normalized spacial score (nSPS) is 19.0. The maximum Gasteiger partial charge on any atom is 0.335 e. The summed E-state index contributed by atoms with van der Waals surface area (Å²) in [5.41, 5.74) is 0.441. The Morgan fingerprint density at radius 1 is 1.23 bits per heavy atom. The SMILES string of the molecule is O=c1n(CC2=C(F)C(F)CC=C2)c2cnc(NC3CC3)nc2n1-c1cccc(F)c1. The average molecular weight is 413 g/mol. The van der Waals surface area contributed by atoms with Crippen LogP contribution in [0.15, 0.2) is 58.8 Å². The number of allylic oxidation sites excluding steroid dienone is 4. The zero-order valence-electron chi connectivity index (χ0n) is 15.9. The van der Waals surface area contributed by atoms with Gasteiger partial charge in [-0.1, -0.05) is 18.2 Å². The van der Waals surface area contributed by atoms with Crippen LogP contribution in [0.2, 0.25) is 0 Å². The van der Waals surface area contributed by atoms with Crippen LogP contribution in [-0.4, -0.2) is 31.3 Å². The third kappa shape index (κ3) is 3.30. The van der Waals surface area contributed by atoms with Gasteiger partial charge in [0.1, 0.15) is 17.2 Å². The van der Waals surface area contributed by atoms with Crippen LogP contribution in [0.4, 0.5) is 19.1 Å². The van der Waals surface area contributed by atoms with Crippen LogP contribution >= 0.6 is 0 Å². The number of nitrogens with zero attached hydrogens (tertiary/aromatic N) is 4. The molecule has 30 heavy (non-hydrogen) atoms. The van der Waals surface area contributed by atoms with Gasteiger partial charge in [-0.05, 0) is 31.0 Å². The minimum Gasteiger partial charge on any atom is -0.351 e. The molecule has 1 saturated carbocycles. The van der Waals surface area contributed by atoms with Crippen molar-refractivity contribution in [2.75, 3.05) is 5.32 Å². The van der Waals surface area contributed by atoms with Crippen molar-refractivity contribution in [3.05, 3.63) is 70.3 Å². The molecule has 5 rings (SSSR count). The number of imidazole rings is 1. The summed E-state index contributed by atoms with van der Waals surface area (Å²) in [5, 5.41) is 3.17. The standard InChI is InChI=1S/C21H18F3N5O/c22-13-4-2-5-15(9-13)29-19-17(10-25-20(27-19)26-14-7-8-14)28(21(29)30)11-12-3-1-6-16(23)18(12)24/h1-5,9-10,14,16H,6-8,11H2,(H,25,26,27). The molecular formula is C21H18F3N5O. The highest BCUT2D eigenvalue weighted by Gasteiger charge is 2.25. The second-order valence-corrected chi connectivity index (χ2v) is 7.48. The Balaban J connectivity index is 1.69. The molecule has 2 aromatic heterocycles. The van der Waals surface area contributed by atoms with Crippen LogP contribution in [0.25, 0.3) is 16.9 Å². The van der Waals surface area contributed by atoms with Crippen LogP contribution in [0.5, 0.6) is 0 Å². The highest BCUT2D eigenvalue weighted by atomic mass is 19.2. The predicted octanol–water partition coefficient (Wildman–Crippen LogP) is 3.82. The lowest BCUT2D eigenvalue weighted by atomic mass is 10.0. The van der Waals surface area contributed by atoms with Crippen molar-refractivity contribution >= 4 is 17.1 Å². The minimum absolute atomic E-state index is 0.0331. The number of hydrogen-bond acceptors (Lipinski definition) is 4. The fourth-order valence-electron chi connectivity index (χ4n) is 3.53. The van der Waals surface area contributed by atoms with Crippen molar-refractivity contribution in [2.24, 2.45) is 0 Å². The van der Waals surface area contributed by atoms with E-state index in [9.17, 15) is 18.0 Å². The van der Waals surface area contributed by atoms with Crippen LogP contribution < -0.4 is 11.0 Å². The van der Waals surface area contributed by atoms with Gasteiger partial charge in [-0.25, -0.2) is 27.5 Å². The summed E-state index contributed by atoms with van der Waals surface area (Å²) in [6.07, 6.45) is 4.77. The lowest BCUT2D eigenvalue weighted by Gasteiger charge is -2.13. The van der Waals surface area contributed by atoms with Gasteiger partial charge in [0.25, 0.3) is 0 Å². The molecule has 2 heterocycles. The smallest absolute Gasteiger partial charge is 0.335 e. The zero-order valence-corrected chi connectivity index (χ0v) is 15.9. The van der Waals surface area contributed by atoms with Crippen molar-refractivity contribution in [3.8, 4) is 5.69 Å². The Labute approximate surface area is 169 Å². The van der Waals surface area contributed by atoms with E-state index in [1.807, 2.05) is 0 Å². The predicted molar refractivity (Wildman–Crippen MR) is 107 cm³/mol. The van der Waals surface area contributed by atoms with E-state index < -0.39 is 23.5 Å². The molecule has 9 heteroatoms. The largest absolute Gasteiger partial charge is 0.351 e. The summed E-state index contributed by atoms with van der Waals surface area (Å²) in [6, 6.07) is 5.87. The Kier molecular flexibility index (Phi) is 4.45. The summed E-state index contributed by atoms with van der Waals surface area (Å²) >= 11 is 0. The molecule has 0 aliphatic heterocycles. The lowest BCUT2D eigenvalue weighted by Crippen LogP contribution is -2.25. The molecule has 1 aromatic carbocycles. The van der Waals surface area contributed by atoms with Crippen molar-refractivity contribution < 1.29 is 13.2 Å². The summed E-state index contributed by atoms with van der Waals surface area (Å²) in [7, 11) is 0. The number of rotatable bonds is 5. The van der Waals surface area contributed by atoms with Gasteiger partial charge in [-0.2, -0.15) is 4.98 Å². The molecule has 6 nitrogen and oxygen atoms in total. The van der Waals surface area contributed by atoms with E-state index in [0.717, 1.165) is 12.8 Å². The molecular weight excluding hydrogens is 395 g/mol. The minimum atomic E-state index is -1.72. The van der Waals surface area contributed by atoms with Gasteiger partial charge in [-0.3, -0.25) is 4.57 Å². The van der Waals surface area contributed by atoms with E-state index in [1.165, 1.54) is 45.7 Å². The molecule has 0 amide bonds. The fraction of sp³-hybridized carbons (Fsp3) is 0.286. The highest BCUT2D eigenvalue weighted by molar-refractivity contribution is 5.74. The van der Waals surface area contributed by atoms with Crippen molar-refractivity contribution in [2.45, 2.75) is 38.0 Å². The number of alkyl halides is 1. The monoisotopic (exact) mass is 413 g/mol. The van der Waals surface area contributed by atoms with Gasteiger partial charge in [-0.15, -0.1) is 0 Å². The first-order chi connectivity index (χ1) is 14.5. The van der Waals surface area contributed by atoms with E-state index in [0.29, 0.717) is 17.5 Å². The number of aromatic nitrogens is 4. The number of fused-ring (bicyclic) bond motifs is 1. The molecule has 0 bridgehead atoms. The molecule has 154 valence electrons. The van der Waals surface area contributed by atoms with E-state index in [-0.39, 0.29) is 29.9 Å². The van der Waals surface area contributed by atoms with Crippen LogP contribution in [0.3, 0.4) is 0 Å². The van der Waals surface area contributed by atoms with E-state index >= 15 is 0 Å². The van der Waals surface area contributed by atoms with Gasteiger partial charge in [0.15, 0.2) is 11.8 Å². The summed E-state index contributed by atoms with van der Waals surface area (Å²) < 4.78 is 44.5. The molecule has 2 aliphatic carbocycles. The van der Waals surface area contributed by atoms with Crippen molar-refractivity contribution in [3.63, 3.8) is 0 Å². The summed E-state index contributed by atoms with van der Waals surface area (Å²) in [4.78, 5) is 22.0. The van der Waals surface area contributed by atoms with Crippen LogP contribution in [-0.2, 0) is 6.54 Å². The number of hydrogen-bond donors (Lipinski definition) is 1. The van der Waals surface area contributed by atoms with Crippen LogP contribution in [0.1, 0.15) is 19.3 Å². The third-order valence-corrected chi connectivity index (χ3v) is 5.22. The zero-order chi connectivity index (χ0) is 20.8. The quantitative estimate of drug-likeness (QED) is 0.691. The van der Waals surface area contributed by atoms with Gasteiger partial charge in [0.2, 0.25) is 5.95 Å². The van der Waals surface area contributed by atoms with Crippen molar-refractivity contribution in [1.82, 2.24) is 19.1 Å². The average Bonchev–Trinajstić information content (AvgIpc) is 3.49. The molecule has 1 fully saturated rings. The maximum absolute atomic E-state index is 14.3. The molecule has 0 saturated heterocycles. The number of halogens is 3. The molecule has 2 aliphatic rings. The van der Waals surface area contributed by atoms with Gasteiger partial charge >= 0.3 is 5.69 Å². The van der Waals surface area contributed by atoms with Crippen LogP contribution in [0, 0.1) is 5.82 Å². The Bertz CT molecular complexity index is 1260.